The van der Waals surface area contributed by atoms with Gasteiger partial charge in [-0.2, -0.15) is 13.2 Å². The van der Waals surface area contributed by atoms with E-state index in [4.69, 9.17) is 21.1 Å². The molecule has 0 aliphatic rings. The molecule has 0 saturated carbocycles. The molecular weight excluding hydrogens is 400 g/mol. The zero-order chi connectivity index (χ0) is 20.5. The molecule has 0 unspecified atom stereocenters. The van der Waals surface area contributed by atoms with E-state index in [1.807, 2.05) is 0 Å². The third-order valence-corrected chi connectivity index (χ3v) is 4.25. The third kappa shape index (κ3) is 4.20. The van der Waals surface area contributed by atoms with Crippen molar-refractivity contribution in [2.24, 2.45) is 0 Å². The van der Waals surface area contributed by atoms with Gasteiger partial charge in [0, 0.05) is 10.8 Å². The molecule has 1 atom stereocenters. The maximum Gasteiger partial charge on any atom is 0.416 e. The number of benzene rings is 3. The summed E-state index contributed by atoms with van der Waals surface area (Å²) in [4.78, 5) is 11.2. The van der Waals surface area contributed by atoms with Gasteiger partial charge in [0.25, 0.3) is 5.24 Å². The van der Waals surface area contributed by atoms with Crippen molar-refractivity contribution >= 4 is 27.6 Å². The van der Waals surface area contributed by atoms with Gasteiger partial charge in [0.1, 0.15) is 11.5 Å². The van der Waals surface area contributed by atoms with Gasteiger partial charge in [-0.3, -0.25) is 4.79 Å². The number of halogens is 5. The summed E-state index contributed by atoms with van der Waals surface area (Å²) in [6, 6.07) is 11.8. The van der Waals surface area contributed by atoms with Gasteiger partial charge in [-0.1, -0.05) is 24.3 Å². The number of hydrogen-bond acceptors (Lipinski definition) is 3. The molecule has 3 rings (SSSR count). The molecule has 0 heterocycles. The first kappa shape index (κ1) is 19.9. The van der Waals surface area contributed by atoms with E-state index in [0.717, 1.165) is 12.1 Å². The molecule has 0 aromatic heterocycles. The Labute approximate surface area is 162 Å². The van der Waals surface area contributed by atoms with Crippen LogP contribution in [-0.2, 0) is 11.0 Å². The number of hydrogen-bond donors (Lipinski definition) is 0. The van der Waals surface area contributed by atoms with Gasteiger partial charge >= 0.3 is 6.18 Å². The third-order valence-electron chi connectivity index (χ3n) is 3.94. The van der Waals surface area contributed by atoms with E-state index in [9.17, 15) is 22.4 Å². The minimum Gasteiger partial charge on any atom is -0.481 e. The Morgan fingerprint density at radius 1 is 0.964 bits per heavy atom. The molecule has 0 bridgehead atoms. The number of ether oxygens (including phenoxy) is 2. The van der Waals surface area contributed by atoms with Crippen LogP contribution in [0.5, 0.6) is 17.2 Å². The highest BCUT2D eigenvalue weighted by molar-refractivity contribution is 6.64. The molecule has 0 aliphatic carbocycles. The van der Waals surface area contributed by atoms with E-state index < -0.39 is 28.9 Å². The monoisotopic (exact) mass is 412 g/mol. The first-order valence-electron chi connectivity index (χ1n) is 8.09. The van der Waals surface area contributed by atoms with E-state index in [2.05, 4.69) is 0 Å². The normalized spacial score (nSPS) is 12.6. The first-order chi connectivity index (χ1) is 13.2. The lowest BCUT2D eigenvalue weighted by Crippen LogP contribution is -2.18. The van der Waals surface area contributed by atoms with Crippen LogP contribution < -0.4 is 9.47 Å². The summed E-state index contributed by atoms with van der Waals surface area (Å²) in [6.07, 6.45) is -5.54. The SMILES string of the molecule is C[C@@H](Oc1cccc2c(Oc3ccc(C(F)(F)F)cc3F)cccc12)C(=O)Cl. The van der Waals surface area contributed by atoms with E-state index >= 15 is 0 Å². The zero-order valence-corrected chi connectivity index (χ0v) is 15.1. The van der Waals surface area contributed by atoms with Gasteiger partial charge in [0.15, 0.2) is 17.7 Å². The van der Waals surface area contributed by atoms with Crippen molar-refractivity contribution in [3.63, 3.8) is 0 Å². The predicted octanol–water partition coefficient (Wildman–Crippen LogP) is 6.32. The Morgan fingerprint density at radius 3 is 2.14 bits per heavy atom. The molecule has 28 heavy (non-hydrogen) atoms. The zero-order valence-electron chi connectivity index (χ0n) is 14.4. The van der Waals surface area contributed by atoms with Gasteiger partial charge in [0.2, 0.25) is 0 Å². The fourth-order valence-corrected chi connectivity index (χ4v) is 2.60. The summed E-state index contributed by atoms with van der Waals surface area (Å²) in [5.74, 6) is -0.916. The lowest BCUT2D eigenvalue weighted by molar-refractivity contribution is -0.137. The molecule has 0 N–H and O–H groups in total. The summed E-state index contributed by atoms with van der Waals surface area (Å²) in [7, 11) is 0. The number of alkyl halides is 3. The van der Waals surface area contributed by atoms with Crippen LogP contribution >= 0.6 is 11.6 Å². The second kappa shape index (κ2) is 7.67. The van der Waals surface area contributed by atoms with Crippen molar-refractivity contribution in [2.45, 2.75) is 19.2 Å². The molecule has 3 nitrogen and oxygen atoms in total. The minimum atomic E-state index is -4.65. The van der Waals surface area contributed by atoms with Crippen LogP contribution in [0.2, 0.25) is 0 Å². The Kier molecular flexibility index (Phi) is 5.47. The Balaban J connectivity index is 1.98. The van der Waals surface area contributed by atoms with E-state index in [1.54, 1.807) is 36.4 Å². The minimum absolute atomic E-state index is 0.214. The molecule has 0 fully saturated rings. The average Bonchev–Trinajstić information content (AvgIpc) is 2.63. The maximum absolute atomic E-state index is 14.1. The molecule has 0 amide bonds. The van der Waals surface area contributed by atoms with E-state index in [-0.39, 0.29) is 11.5 Å². The predicted molar refractivity (Wildman–Crippen MR) is 96.4 cm³/mol. The summed E-state index contributed by atoms with van der Waals surface area (Å²) in [6.45, 7) is 1.49. The van der Waals surface area contributed by atoms with Crippen LogP contribution in [0.4, 0.5) is 17.6 Å². The maximum atomic E-state index is 14.1. The summed E-state index contributed by atoms with van der Waals surface area (Å²) in [5, 5.41) is 0.418. The lowest BCUT2D eigenvalue weighted by atomic mass is 10.1. The van der Waals surface area contributed by atoms with Crippen LogP contribution in [0, 0.1) is 5.82 Å². The van der Waals surface area contributed by atoms with Crippen LogP contribution in [-0.4, -0.2) is 11.3 Å². The van der Waals surface area contributed by atoms with Crippen LogP contribution in [0.3, 0.4) is 0 Å². The second-order valence-electron chi connectivity index (χ2n) is 5.92. The van der Waals surface area contributed by atoms with Gasteiger partial charge in [-0.25, -0.2) is 4.39 Å². The smallest absolute Gasteiger partial charge is 0.416 e. The number of rotatable bonds is 5. The van der Waals surface area contributed by atoms with E-state index in [1.165, 1.54) is 6.92 Å². The van der Waals surface area contributed by atoms with Gasteiger partial charge in [-0.15, -0.1) is 0 Å². The highest BCUT2D eigenvalue weighted by Crippen LogP contribution is 2.37. The molecule has 8 heteroatoms. The van der Waals surface area contributed by atoms with Gasteiger partial charge < -0.3 is 9.47 Å². The number of fused-ring (bicyclic) bond motifs is 1. The second-order valence-corrected chi connectivity index (χ2v) is 6.29. The van der Waals surface area contributed by atoms with Crippen molar-refractivity contribution in [2.75, 3.05) is 0 Å². The molecule has 146 valence electrons. The molecule has 0 aliphatic heterocycles. The standard InChI is InChI=1S/C20H13ClF4O3/c1-11(19(21)26)27-16-6-2-5-14-13(16)4-3-7-17(14)28-18-9-8-12(10-15(18)22)20(23,24)25/h2-11H,1H3/t11-/m1/s1. The molecule has 0 spiro atoms. The van der Waals surface area contributed by atoms with Gasteiger partial charge in [-0.05, 0) is 48.9 Å². The quantitative estimate of drug-likeness (QED) is 0.363. The fourth-order valence-electron chi connectivity index (χ4n) is 2.56. The van der Waals surface area contributed by atoms with E-state index in [0.29, 0.717) is 22.6 Å². The first-order valence-corrected chi connectivity index (χ1v) is 8.47. The summed E-state index contributed by atoms with van der Waals surface area (Å²) >= 11 is 5.42. The molecule has 0 saturated heterocycles. The van der Waals surface area contributed by atoms with Crippen LogP contribution in [0.25, 0.3) is 10.8 Å². The van der Waals surface area contributed by atoms with Crippen LogP contribution in [0.1, 0.15) is 12.5 Å². The van der Waals surface area contributed by atoms with Crippen molar-refractivity contribution in [1.29, 1.82) is 0 Å². The Bertz CT molecular complexity index is 1030. The van der Waals surface area contributed by atoms with Crippen molar-refractivity contribution < 1.29 is 31.8 Å². The average molecular weight is 413 g/mol. The molecule has 3 aromatic rings. The molecule has 0 radical (unpaired) electrons. The van der Waals surface area contributed by atoms with Crippen molar-refractivity contribution in [1.82, 2.24) is 0 Å². The number of carbonyl (C=O) groups excluding carboxylic acids is 1. The summed E-state index contributed by atoms with van der Waals surface area (Å²) in [5.41, 5.74) is -1.11. The Hall–Kier alpha value is -2.80. The highest BCUT2D eigenvalue weighted by Gasteiger charge is 2.31. The van der Waals surface area contributed by atoms with Crippen molar-refractivity contribution in [3.05, 3.63) is 66.0 Å². The largest absolute Gasteiger partial charge is 0.481 e. The molecule has 3 aromatic carbocycles. The number of carbonyl (C=O) groups is 1. The fraction of sp³-hybridized carbons (Fsp3) is 0.150. The van der Waals surface area contributed by atoms with Crippen LogP contribution in [0.15, 0.2) is 54.6 Å². The van der Waals surface area contributed by atoms with Crippen molar-refractivity contribution in [3.8, 4) is 17.2 Å². The summed E-state index contributed by atoms with van der Waals surface area (Å²) < 4.78 is 63.2. The Morgan fingerprint density at radius 2 is 1.57 bits per heavy atom. The van der Waals surface area contributed by atoms with Gasteiger partial charge in [0.05, 0.1) is 5.56 Å². The lowest BCUT2D eigenvalue weighted by Gasteiger charge is -2.15. The topological polar surface area (TPSA) is 35.5 Å². The molecular formula is C20H13ClF4O3. The highest BCUT2D eigenvalue weighted by atomic mass is 35.5.